The van der Waals surface area contributed by atoms with Gasteiger partial charge in [-0.05, 0) is 31.2 Å². The van der Waals surface area contributed by atoms with Crippen molar-refractivity contribution in [3.05, 3.63) is 41.4 Å². The Bertz CT molecular complexity index is 484. The molecule has 0 saturated carbocycles. The molecule has 0 fully saturated rings. The molecule has 0 unspecified atom stereocenters. The van der Waals surface area contributed by atoms with Crippen molar-refractivity contribution in [3.8, 4) is 6.07 Å². The van der Waals surface area contributed by atoms with Gasteiger partial charge >= 0.3 is 0 Å². The van der Waals surface area contributed by atoms with E-state index in [0.29, 0.717) is 0 Å². The van der Waals surface area contributed by atoms with E-state index in [0.717, 1.165) is 4.90 Å². The molecular formula is C12H11FN2OS. The van der Waals surface area contributed by atoms with E-state index in [1.54, 1.807) is 18.2 Å². The van der Waals surface area contributed by atoms with Crippen molar-refractivity contribution in [3.63, 3.8) is 0 Å². The molecular weight excluding hydrogens is 239 g/mol. The molecule has 0 bridgehead atoms. The molecule has 0 saturated heterocycles. The van der Waals surface area contributed by atoms with E-state index < -0.39 is 0 Å². The number of Topliss-reactive ketones (excluding diaryl/α,β-unsaturated/α-hetero) is 1. The molecule has 0 aliphatic rings. The summed E-state index contributed by atoms with van der Waals surface area (Å²) in [7, 11) is 0. The number of thioether (sulfide) groups is 1. The number of carbonyl (C=O) groups excluding carboxylic acids is 1. The van der Waals surface area contributed by atoms with Crippen LogP contribution in [0.15, 0.2) is 40.4 Å². The Morgan fingerprint density at radius 3 is 2.53 bits per heavy atom. The van der Waals surface area contributed by atoms with Crippen molar-refractivity contribution in [2.45, 2.75) is 11.8 Å². The molecule has 0 aliphatic carbocycles. The minimum absolute atomic E-state index is 0.0142. The van der Waals surface area contributed by atoms with E-state index in [9.17, 15) is 9.18 Å². The predicted molar refractivity (Wildman–Crippen MR) is 64.6 cm³/mol. The molecule has 1 aromatic rings. The first-order chi connectivity index (χ1) is 8.04. The minimum atomic E-state index is -0.323. The lowest BCUT2D eigenvalue weighted by Crippen LogP contribution is -2.10. The topological polar surface area (TPSA) is 66.9 Å². The molecule has 0 aliphatic heterocycles. The number of hydrogen-bond donors (Lipinski definition) is 1. The van der Waals surface area contributed by atoms with Gasteiger partial charge in [-0.3, -0.25) is 4.79 Å². The summed E-state index contributed by atoms with van der Waals surface area (Å²) >= 11 is 1.24. The van der Waals surface area contributed by atoms with Crippen LogP contribution in [0, 0.1) is 17.1 Å². The molecule has 2 N–H and O–H groups in total. The number of hydrogen-bond acceptors (Lipinski definition) is 4. The maximum absolute atomic E-state index is 12.6. The summed E-state index contributed by atoms with van der Waals surface area (Å²) < 4.78 is 12.6. The molecule has 0 aromatic heterocycles. The first-order valence-corrected chi connectivity index (χ1v) is 5.81. The fourth-order valence-corrected chi connectivity index (χ4v) is 1.89. The van der Waals surface area contributed by atoms with Gasteiger partial charge in [0.15, 0.2) is 5.78 Å². The summed E-state index contributed by atoms with van der Waals surface area (Å²) in [5.74, 6) is -0.527. The summed E-state index contributed by atoms with van der Waals surface area (Å²) in [4.78, 5) is 12.4. The lowest BCUT2D eigenvalue weighted by atomic mass is 10.2. The fourth-order valence-electron chi connectivity index (χ4n) is 1.12. The average molecular weight is 250 g/mol. The maximum atomic E-state index is 12.6. The summed E-state index contributed by atoms with van der Waals surface area (Å²) in [5.41, 5.74) is 5.62. The van der Waals surface area contributed by atoms with Crippen LogP contribution in [-0.4, -0.2) is 11.5 Å². The van der Waals surface area contributed by atoms with Crippen molar-refractivity contribution in [1.82, 2.24) is 0 Å². The Hall–Kier alpha value is -1.80. The van der Waals surface area contributed by atoms with Crippen LogP contribution in [-0.2, 0) is 4.79 Å². The summed E-state index contributed by atoms with van der Waals surface area (Å²) in [5, 5.41) is 8.73. The quantitative estimate of drug-likeness (QED) is 0.505. The summed E-state index contributed by atoms with van der Waals surface area (Å²) in [6.07, 6.45) is 0. The number of nitriles is 1. The van der Waals surface area contributed by atoms with Gasteiger partial charge in [0, 0.05) is 10.6 Å². The van der Waals surface area contributed by atoms with Gasteiger partial charge in [-0.25, -0.2) is 4.39 Å². The first-order valence-electron chi connectivity index (χ1n) is 4.82. The van der Waals surface area contributed by atoms with Gasteiger partial charge < -0.3 is 5.73 Å². The first kappa shape index (κ1) is 13.3. The largest absolute Gasteiger partial charge is 0.401 e. The van der Waals surface area contributed by atoms with Crippen LogP contribution in [0.5, 0.6) is 0 Å². The van der Waals surface area contributed by atoms with Crippen LogP contribution < -0.4 is 5.73 Å². The highest BCUT2D eigenvalue weighted by Gasteiger charge is 2.11. The third-order valence-electron chi connectivity index (χ3n) is 1.97. The van der Waals surface area contributed by atoms with Crippen molar-refractivity contribution in [1.29, 1.82) is 5.26 Å². The number of carbonyl (C=O) groups is 1. The molecule has 1 aromatic carbocycles. The monoisotopic (exact) mass is 250 g/mol. The number of nitrogens with zero attached hydrogens (tertiary/aromatic N) is 1. The van der Waals surface area contributed by atoms with Crippen molar-refractivity contribution >= 4 is 17.5 Å². The second-order valence-corrected chi connectivity index (χ2v) is 4.38. The summed E-state index contributed by atoms with van der Waals surface area (Å²) in [6, 6.07) is 7.58. The number of ketones is 1. The van der Waals surface area contributed by atoms with Crippen LogP contribution in [0.25, 0.3) is 0 Å². The number of nitrogens with two attached hydrogens (primary N) is 1. The zero-order valence-electron chi connectivity index (χ0n) is 9.24. The van der Waals surface area contributed by atoms with E-state index in [2.05, 4.69) is 0 Å². The lowest BCUT2D eigenvalue weighted by Gasteiger charge is -2.01. The molecule has 88 valence electrons. The van der Waals surface area contributed by atoms with Gasteiger partial charge in [0.2, 0.25) is 0 Å². The molecule has 0 heterocycles. The standard InChI is InChI=1S/C12H11FN2OS/c1-8(15)11(6-14)12(16)7-17-10-4-2-9(13)3-5-10/h2-5H,7,15H2,1H3/b11-8+. The number of halogens is 1. The van der Waals surface area contributed by atoms with Crippen LogP contribution >= 0.6 is 11.8 Å². The molecule has 1 rings (SSSR count). The molecule has 0 radical (unpaired) electrons. The van der Waals surface area contributed by atoms with E-state index in [4.69, 9.17) is 11.0 Å². The highest BCUT2D eigenvalue weighted by molar-refractivity contribution is 8.00. The van der Waals surface area contributed by atoms with E-state index in [1.165, 1.54) is 30.8 Å². The Balaban J connectivity index is 2.64. The maximum Gasteiger partial charge on any atom is 0.185 e. The Morgan fingerprint density at radius 1 is 1.47 bits per heavy atom. The van der Waals surface area contributed by atoms with E-state index >= 15 is 0 Å². The van der Waals surface area contributed by atoms with Crippen LogP contribution in [0.2, 0.25) is 0 Å². The van der Waals surface area contributed by atoms with Gasteiger partial charge in [0.25, 0.3) is 0 Å². The zero-order chi connectivity index (χ0) is 12.8. The van der Waals surface area contributed by atoms with Crippen LogP contribution in [0.4, 0.5) is 4.39 Å². The van der Waals surface area contributed by atoms with E-state index in [-0.39, 0.29) is 28.6 Å². The number of rotatable bonds is 4. The third-order valence-corrected chi connectivity index (χ3v) is 2.98. The Morgan fingerprint density at radius 2 is 2.06 bits per heavy atom. The van der Waals surface area contributed by atoms with Gasteiger partial charge in [0.1, 0.15) is 17.5 Å². The average Bonchev–Trinajstić information content (AvgIpc) is 2.28. The van der Waals surface area contributed by atoms with Gasteiger partial charge in [-0.1, -0.05) is 0 Å². The van der Waals surface area contributed by atoms with Crippen molar-refractivity contribution in [2.24, 2.45) is 5.73 Å². The number of allylic oxidation sites excluding steroid dienone is 2. The Labute approximate surface area is 103 Å². The van der Waals surface area contributed by atoms with Crippen molar-refractivity contribution < 1.29 is 9.18 Å². The lowest BCUT2D eigenvalue weighted by molar-refractivity contribution is -0.112. The van der Waals surface area contributed by atoms with Crippen LogP contribution in [0.1, 0.15) is 6.92 Å². The van der Waals surface area contributed by atoms with Crippen molar-refractivity contribution in [2.75, 3.05) is 5.75 Å². The molecule has 3 nitrogen and oxygen atoms in total. The zero-order valence-corrected chi connectivity index (χ0v) is 10.1. The normalized spacial score (nSPS) is 11.6. The highest BCUT2D eigenvalue weighted by atomic mass is 32.2. The summed E-state index contributed by atoms with van der Waals surface area (Å²) in [6.45, 7) is 1.51. The molecule has 0 amide bonds. The molecule has 0 atom stereocenters. The smallest absolute Gasteiger partial charge is 0.185 e. The second-order valence-electron chi connectivity index (χ2n) is 3.34. The van der Waals surface area contributed by atoms with Gasteiger partial charge in [-0.2, -0.15) is 5.26 Å². The molecule has 0 spiro atoms. The predicted octanol–water partition coefficient (Wildman–Crippen LogP) is 2.24. The SMILES string of the molecule is C/C(N)=C(/C#N)C(=O)CSc1ccc(F)cc1. The molecule has 17 heavy (non-hydrogen) atoms. The second kappa shape index (κ2) is 6.06. The number of benzene rings is 1. The van der Waals surface area contributed by atoms with Gasteiger partial charge in [0.05, 0.1) is 5.75 Å². The minimum Gasteiger partial charge on any atom is -0.401 e. The Kier molecular flexibility index (Phi) is 4.73. The molecule has 5 heteroatoms. The fraction of sp³-hybridized carbons (Fsp3) is 0.167. The van der Waals surface area contributed by atoms with Crippen LogP contribution in [0.3, 0.4) is 0 Å². The van der Waals surface area contributed by atoms with Gasteiger partial charge in [-0.15, -0.1) is 11.8 Å². The highest BCUT2D eigenvalue weighted by Crippen LogP contribution is 2.19. The van der Waals surface area contributed by atoms with E-state index in [1.807, 2.05) is 0 Å². The third kappa shape index (κ3) is 3.93.